The molecule has 1 heterocycles. The number of benzene rings is 3. The summed E-state index contributed by atoms with van der Waals surface area (Å²) >= 11 is 11.6. The van der Waals surface area contributed by atoms with Gasteiger partial charge in [0.25, 0.3) is 11.5 Å². The van der Waals surface area contributed by atoms with Crippen molar-refractivity contribution in [2.75, 3.05) is 14.2 Å². The Kier molecular flexibility index (Phi) is 6.48. The predicted octanol–water partition coefficient (Wildman–Crippen LogP) is 4.65. The van der Waals surface area contributed by atoms with Crippen molar-refractivity contribution in [1.82, 2.24) is 14.9 Å². The standard InChI is InChI=1S/C24H20ClN3O4S/c1-31-20-10-8-16(12-21(20)32-2)28-23(30)17-9-7-14(11-19(17)27-24(28)33)22(29)26-13-15-5-3-4-6-18(15)25/h3-12H,13H2,1-2H3,(H,26,29)(H,27,33). The SMILES string of the molecule is COc1ccc(-n2c(=S)[nH]c3cc(C(=O)NCc4ccccc4Cl)ccc3c2=O)cc1OC. The van der Waals surface area contributed by atoms with Gasteiger partial charge < -0.3 is 19.8 Å². The summed E-state index contributed by atoms with van der Waals surface area (Å²) in [7, 11) is 3.05. The fraction of sp³-hybridized carbons (Fsp3) is 0.125. The number of carbonyl (C=O) groups is 1. The lowest BCUT2D eigenvalue weighted by Crippen LogP contribution is -2.24. The summed E-state index contributed by atoms with van der Waals surface area (Å²) in [5.41, 5.74) is 1.88. The van der Waals surface area contributed by atoms with Gasteiger partial charge in [0.15, 0.2) is 16.3 Å². The second-order valence-corrected chi connectivity index (χ2v) is 7.94. The number of halogens is 1. The molecule has 0 atom stereocenters. The number of hydrogen-bond acceptors (Lipinski definition) is 5. The van der Waals surface area contributed by atoms with Gasteiger partial charge >= 0.3 is 0 Å². The minimum absolute atomic E-state index is 0.188. The number of aromatic amines is 1. The number of rotatable bonds is 6. The van der Waals surface area contributed by atoms with E-state index in [0.717, 1.165) is 5.56 Å². The Bertz CT molecular complexity index is 1480. The van der Waals surface area contributed by atoms with Crippen molar-refractivity contribution >= 4 is 40.6 Å². The van der Waals surface area contributed by atoms with Gasteiger partial charge in [-0.25, -0.2) is 0 Å². The van der Waals surface area contributed by atoms with Gasteiger partial charge in [-0.05, 0) is 54.2 Å². The average Bonchev–Trinajstić information content (AvgIpc) is 2.82. The third-order valence-electron chi connectivity index (χ3n) is 5.18. The molecule has 0 fully saturated rings. The molecule has 0 aliphatic carbocycles. The van der Waals surface area contributed by atoms with Crippen molar-refractivity contribution in [1.29, 1.82) is 0 Å². The first kappa shape index (κ1) is 22.6. The quantitative estimate of drug-likeness (QED) is 0.391. The molecular formula is C24H20ClN3O4S. The van der Waals surface area contributed by atoms with Gasteiger partial charge in [0.05, 0.1) is 30.8 Å². The van der Waals surface area contributed by atoms with Crippen molar-refractivity contribution in [3.05, 3.63) is 91.9 Å². The van der Waals surface area contributed by atoms with Gasteiger partial charge in [0.2, 0.25) is 0 Å². The Morgan fingerprint density at radius 3 is 2.55 bits per heavy atom. The molecule has 33 heavy (non-hydrogen) atoms. The van der Waals surface area contributed by atoms with Crippen LogP contribution >= 0.6 is 23.8 Å². The zero-order valence-corrected chi connectivity index (χ0v) is 19.4. The van der Waals surface area contributed by atoms with E-state index in [9.17, 15) is 9.59 Å². The Morgan fingerprint density at radius 2 is 1.82 bits per heavy atom. The van der Waals surface area contributed by atoms with Crippen molar-refractivity contribution in [2.45, 2.75) is 6.54 Å². The minimum Gasteiger partial charge on any atom is -0.493 e. The molecule has 0 saturated heterocycles. The van der Waals surface area contributed by atoms with E-state index in [-0.39, 0.29) is 22.8 Å². The van der Waals surface area contributed by atoms with Crippen LogP contribution in [0.1, 0.15) is 15.9 Å². The number of hydrogen-bond donors (Lipinski definition) is 2. The topological polar surface area (TPSA) is 85.4 Å². The van der Waals surface area contributed by atoms with E-state index in [1.807, 2.05) is 18.2 Å². The molecule has 3 aromatic carbocycles. The lowest BCUT2D eigenvalue weighted by molar-refractivity contribution is 0.0951. The molecule has 0 unspecified atom stereocenters. The number of amides is 1. The average molecular weight is 482 g/mol. The van der Waals surface area contributed by atoms with E-state index < -0.39 is 0 Å². The number of fused-ring (bicyclic) bond motifs is 1. The lowest BCUT2D eigenvalue weighted by atomic mass is 10.1. The maximum Gasteiger partial charge on any atom is 0.266 e. The van der Waals surface area contributed by atoms with E-state index in [1.54, 1.807) is 42.5 Å². The first-order valence-corrected chi connectivity index (χ1v) is 10.7. The molecule has 0 bridgehead atoms. The van der Waals surface area contributed by atoms with Crippen molar-refractivity contribution < 1.29 is 14.3 Å². The van der Waals surface area contributed by atoms with E-state index >= 15 is 0 Å². The highest BCUT2D eigenvalue weighted by Gasteiger charge is 2.13. The van der Waals surface area contributed by atoms with Gasteiger partial charge in [-0.2, -0.15) is 0 Å². The molecule has 1 aromatic heterocycles. The van der Waals surface area contributed by atoms with Crippen molar-refractivity contribution in [2.24, 2.45) is 0 Å². The van der Waals surface area contributed by atoms with Gasteiger partial charge in [0, 0.05) is 23.2 Å². The second kappa shape index (κ2) is 9.48. The number of nitrogens with zero attached hydrogens (tertiary/aromatic N) is 1. The summed E-state index contributed by atoms with van der Waals surface area (Å²) in [6, 6.07) is 17.2. The van der Waals surface area contributed by atoms with Crippen LogP contribution < -0.4 is 20.3 Å². The summed E-state index contributed by atoms with van der Waals surface area (Å²) in [5, 5.41) is 3.81. The molecule has 0 radical (unpaired) electrons. The van der Waals surface area contributed by atoms with Crippen LogP contribution in [0.3, 0.4) is 0 Å². The largest absolute Gasteiger partial charge is 0.493 e. The Hall–Kier alpha value is -3.62. The highest BCUT2D eigenvalue weighted by atomic mass is 35.5. The third kappa shape index (κ3) is 4.48. The fourth-order valence-corrected chi connectivity index (χ4v) is 3.98. The maximum atomic E-state index is 13.2. The van der Waals surface area contributed by atoms with E-state index in [4.69, 9.17) is 33.3 Å². The van der Waals surface area contributed by atoms with Crippen LogP contribution in [0.2, 0.25) is 5.02 Å². The van der Waals surface area contributed by atoms with E-state index in [0.29, 0.717) is 38.7 Å². The number of ether oxygens (including phenoxy) is 2. The summed E-state index contributed by atoms with van der Waals surface area (Å²) in [6.45, 7) is 0.285. The molecule has 0 aliphatic rings. The number of H-pyrrole nitrogens is 1. The molecular weight excluding hydrogens is 462 g/mol. The summed E-state index contributed by atoms with van der Waals surface area (Å²) in [5.74, 6) is 0.722. The molecule has 4 rings (SSSR count). The maximum absolute atomic E-state index is 13.2. The third-order valence-corrected chi connectivity index (χ3v) is 5.84. The van der Waals surface area contributed by atoms with Crippen molar-refractivity contribution in [3.8, 4) is 17.2 Å². The van der Waals surface area contributed by atoms with Crippen LogP contribution in [-0.2, 0) is 6.54 Å². The van der Waals surface area contributed by atoms with Gasteiger partial charge in [-0.3, -0.25) is 14.2 Å². The normalized spacial score (nSPS) is 10.8. The number of methoxy groups -OCH3 is 2. The van der Waals surface area contributed by atoms with Crippen LogP contribution in [0.15, 0.2) is 65.5 Å². The van der Waals surface area contributed by atoms with Crippen LogP contribution in [0.5, 0.6) is 11.5 Å². The summed E-state index contributed by atoms with van der Waals surface area (Å²) in [4.78, 5) is 28.9. The van der Waals surface area contributed by atoms with E-state index in [2.05, 4.69) is 10.3 Å². The number of carbonyl (C=O) groups excluding carboxylic acids is 1. The summed E-state index contributed by atoms with van der Waals surface area (Å²) < 4.78 is 12.1. The monoisotopic (exact) mass is 481 g/mol. The molecule has 0 aliphatic heterocycles. The van der Waals surface area contributed by atoms with Gasteiger partial charge in [-0.15, -0.1) is 0 Å². The van der Waals surface area contributed by atoms with Crippen LogP contribution in [-0.4, -0.2) is 29.7 Å². The molecule has 1 amide bonds. The Morgan fingerprint density at radius 1 is 1.06 bits per heavy atom. The molecule has 4 aromatic rings. The number of aromatic nitrogens is 2. The predicted molar refractivity (Wildman–Crippen MR) is 130 cm³/mol. The number of nitrogens with one attached hydrogen (secondary N) is 2. The smallest absolute Gasteiger partial charge is 0.266 e. The molecule has 2 N–H and O–H groups in total. The van der Waals surface area contributed by atoms with Gasteiger partial charge in [0.1, 0.15) is 0 Å². The molecule has 7 nitrogen and oxygen atoms in total. The van der Waals surface area contributed by atoms with Gasteiger partial charge in [-0.1, -0.05) is 29.8 Å². The first-order chi connectivity index (χ1) is 15.9. The first-order valence-electron chi connectivity index (χ1n) is 9.96. The zero-order chi connectivity index (χ0) is 23.5. The molecule has 9 heteroatoms. The zero-order valence-electron chi connectivity index (χ0n) is 17.8. The second-order valence-electron chi connectivity index (χ2n) is 7.14. The minimum atomic E-state index is -0.316. The highest BCUT2D eigenvalue weighted by molar-refractivity contribution is 7.71. The van der Waals surface area contributed by atoms with E-state index in [1.165, 1.54) is 18.8 Å². The van der Waals surface area contributed by atoms with Crippen LogP contribution in [0.25, 0.3) is 16.6 Å². The van der Waals surface area contributed by atoms with Crippen LogP contribution in [0.4, 0.5) is 0 Å². The van der Waals surface area contributed by atoms with Crippen LogP contribution in [0, 0.1) is 4.77 Å². The molecule has 168 valence electrons. The Balaban J connectivity index is 1.68. The fourth-order valence-electron chi connectivity index (χ4n) is 3.48. The Labute approximate surface area is 199 Å². The van der Waals surface area contributed by atoms with Crippen molar-refractivity contribution in [3.63, 3.8) is 0 Å². The lowest BCUT2D eigenvalue weighted by Gasteiger charge is -2.12. The molecule has 0 spiro atoms. The summed E-state index contributed by atoms with van der Waals surface area (Å²) in [6.07, 6.45) is 0. The molecule has 0 saturated carbocycles. The highest BCUT2D eigenvalue weighted by Crippen LogP contribution is 2.29.